The van der Waals surface area contributed by atoms with E-state index in [2.05, 4.69) is 0 Å². The zero-order valence-corrected chi connectivity index (χ0v) is 19.4. The fraction of sp³-hybridized carbons (Fsp3) is 0.208. The molecule has 31 heavy (non-hydrogen) atoms. The van der Waals surface area contributed by atoms with Crippen molar-refractivity contribution in [3.63, 3.8) is 0 Å². The third-order valence-electron chi connectivity index (χ3n) is 5.07. The molecule has 0 aliphatic rings. The van der Waals surface area contributed by atoms with Crippen LogP contribution < -0.4 is 9.04 Å². The Bertz CT molecular complexity index is 1220. The monoisotopic (exact) mass is 457 g/mol. The smallest absolute Gasteiger partial charge is 0.278 e. The van der Waals surface area contributed by atoms with E-state index in [0.717, 1.165) is 21.0 Å². The molecule has 7 heteroatoms. The van der Waals surface area contributed by atoms with Crippen LogP contribution >= 0.6 is 11.6 Å². The van der Waals surface area contributed by atoms with Crippen LogP contribution in [0.3, 0.4) is 0 Å². The summed E-state index contributed by atoms with van der Waals surface area (Å²) in [5.41, 5.74) is 3.70. The summed E-state index contributed by atoms with van der Waals surface area (Å²) in [6.45, 7) is 7.01. The number of sulfonamides is 1. The van der Waals surface area contributed by atoms with E-state index < -0.39 is 22.5 Å². The van der Waals surface area contributed by atoms with Crippen LogP contribution in [0.5, 0.6) is 5.75 Å². The van der Waals surface area contributed by atoms with Gasteiger partial charge in [-0.05, 0) is 86.3 Å². The molecule has 162 valence electrons. The molecule has 0 N–H and O–H groups in total. The van der Waals surface area contributed by atoms with Crippen molar-refractivity contribution < 1.29 is 17.9 Å². The minimum absolute atomic E-state index is 0.0297. The standard InChI is InChI=1S/C24H24ClNO4S/c1-16-8-9-18(3)22(14-16)26(31(28,29)21-12-10-20(25)11-13-21)24(27)15-30-23-7-5-6-17(2)19(23)4/h5-14H,15H2,1-4H3. The Hall–Kier alpha value is -2.83. The molecule has 3 aromatic rings. The van der Waals surface area contributed by atoms with Gasteiger partial charge in [-0.15, -0.1) is 0 Å². The molecular formula is C24H24ClNO4S. The van der Waals surface area contributed by atoms with E-state index >= 15 is 0 Å². The first-order valence-corrected chi connectivity index (χ1v) is 11.5. The molecule has 3 rings (SSSR count). The van der Waals surface area contributed by atoms with Crippen LogP contribution in [-0.2, 0) is 14.8 Å². The van der Waals surface area contributed by atoms with E-state index in [9.17, 15) is 13.2 Å². The Morgan fingerprint density at radius 1 is 0.935 bits per heavy atom. The summed E-state index contributed by atoms with van der Waals surface area (Å²) in [6, 6.07) is 16.6. The number of hydrogen-bond acceptors (Lipinski definition) is 4. The maximum absolute atomic E-state index is 13.5. The van der Waals surface area contributed by atoms with E-state index in [0.29, 0.717) is 22.0 Å². The van der Waals surface area contributed by atoms with Gasteiger partial charge < -0.3 is 4.74 Å². The largest absolute Gasteiger partial charge is 0.483 e. The van der Waals surface area contributed by atoms with E-state index in [-0.39, 0.29) is 4.90 Å². The number of carbonyl (C=O) groups excluding carboxylic acids is 1. The number of hydrogen-bond donors (Lipinski definition) is 0. The zero-order chi connectivity index (χ0) is 22.8. The third kappa shape index (κ3) is 4.92. The first-order valence-electron chi connectivity index (χ1n) is 9.71. The predicted octanol–water partition coefficient (Wildman–Crippen LogP) is 5.37. The highest BCUT2D eigenvalue weighted by Crippen LogP contribution is 2.29. The third-order valence-corrected chi connectivity index (χ3v) is 7.07. The average molecular weight is 458 g/mol. The van der Waals surface area contributed by atoms with Crippen molar-refractivity contribution in [2.24, 2.45) is 0 Å². The Kier molecular flexibility index (Phi) is 6.72. The second-order valence-electron chi connectivity index (χ2n) is 7.39. The van der Waals surface area contributed by atoms with Crippen molar-refractivity contribution in [2.45, 2.75) is 32.6 Å². The van der Waals surface area contributed by atoms with Gasteiger partial charge in [0.05, 0.1) is 10.6 Å². The first kappa shape index (κ1) is 22.8. The van der Waals surface area contributed by atoms with Gasteiger partial charge in [-0.25, -0.2) is 8.42 Å². The lowest BCUT2D eigenvalue weighted by Crippen LogP contribution is -2.40. The van der Waals surface area contributed by atoms with Gasteiger partial charge in [-0.1, -0.05) is 35.9 Å². The maximum Gasteiger partial charge on any atom is 0.278 e. The number of halogens is 1. The second kappa shape index (κ2) is 9.12. The molecular weight excluding hydrogens is 434 g/mol. The minimum atomic E-state index is -4.19. The lowest BCUT2D eigenvalue weighted by molar-refractivity contribution is -0.119. The van der Waals surface area contributed by atoms with Crippen LogP contribution in [0.1, 0.15) is 22.3 Å². The van der Waals surface area contributed by atoms with Crippen molar-refractivity contribution in [1.82, 2.24) is 0 Å². The zero-order valence-electron chi connectivity index (χ0n) is 17.8. The highest BCUT2D eigenvalue weighted by atomic mass is 35.5. The number of aryl methyl sites for hydroxylation is 3. The number of rotatable bonds is 6. The summed E-state index contributed by atoms with van der Waals surface area (Å²) in [5, 5.41) is 0.404. The molecule has 0 heterocycles. The summed E-state index contributed by atoms with van der Waals surface area (Å²) in [7, 11) is -4.19. The molecule has 1 amide bonds. The maximum atomic E-state index is 13.5. The second-order valence-corrected chi connectivity index (χ2v) is 9.62. The van der Waals surface area contributed by atoms with Gasteiger partial charge in [-0.2, -0.15) is 4.31 Å². The molecule has 0 aliphatic carbocycles. The van der Waals surface area contributed by atoms with Crippen LogP contribution in [0.2, 0.25) is 5.02 Å². The summed E-state index contributed by atoms with van der Waals surface area (Å²) < 4.78 is 33.5. The lowest BCUT2D eigenvalue weighted by Gasteiger charge is -2.25. The average Bonchev–Trinajstić information content (AvgIpc) is 2.72. The first-order chi connectivity index (χ1) is 14.6. The number of nitrogens with zero attached hydrogens (tertiary/aromatic N) is 1. The van der Waals surface area contributed by atoms with Gasteiger partial charge in [0.2, 0.25) is 0 Å². The van der Waals surface area contributed by atoms with Crippen molar-refractivity contribution in [3.8, 4) is 5.75 Å². The van der Waals surface area contributed by atoms with Crippen LogP contribution in [0.25, 0.3) is 0 Å². The van der Waals surface area contributed by atoms with E-state index in [4.69, 9.17) is 16.3 Å². The molecule has 0 saturated carbocycles. The van der Waals surface area contributed by atoms with Crippen molar-refractivity contribution in [2.75, 3.05) is 10.9 Å². The van der Waals surface area contributed by atoms with Crippen molar-refractivity contribution >= 4 is 33.2 Å². The number of amides is 1. The lowest BCUT2D eigenvalue weighted by atomic mass is 10.1. The van der Waals surface area contributed by atoms with Gasteiger partial charge >= 0.3 is 0 Å². The number of anilines is 1. The summed E-state index contributed by atoms with van der Waals surface area (Å²) >= 11 is 5.92. The SMILES string of the molecule is Cc1ccc(C)c(N(C(=O)COc2cccc(C)c2C)S(=O)(=O)c2ccc(Cl)cc2)c1. The van der Waals surface area contributed by atoms with Crippen molar-refractivity contribution in [1.29, 1.82) is 0 Å². The molecule has 0 bridgehead atoms. The summed E-state index contributed by atoms with van der Waals surface area (Å²) in [4.78, 5) is 13.2. The highest BCUT2D eigenvalue weighted by molar-refractivity contribution is 7.93. The number of benzene rings is 3. The fourth-order valence-corrected chi connectivity index (χ4v) is 4.72. The normalized spacial score (nSPS) is 11.3. The van der Waals surface area contributed by atoms with Crippen LogP contribution in [0.15, 0.2) is 65.6 Å². The molecule has 0 aromatic heterocycles. The Morgan fingerprint density at radius 3 is 2.29 bits per heavy atom. The van der Waals surface area contributed by atoms with Gasteiger partial charge in [0.1, 0.15) is 5.75 Å². The van der Waals surface area contributed by atoms with Gasteiger partial charge in [0, 0.05) is 5.02 Å². The summed E-state index contributed by atoms with van der Waals surface area (Å²) in [6.07, 6.45) is 0. The fourth-order valence-electron chi connectivity index (χ4n) is 3.13. The summed E-state index contributed by atoms with van der Waals surface area (Å²) in [5.74, 6) is -0.150. The topological polar surface area (TPSA) is 63.7 Å². The quantitative estimate of drug-likeness (QED) is 0.498. The highest BCUT2D eigenvalue weighted by Gasteiger charge is 2.32. The number of carbonyl (C=O) groups is 1. The van der Waals surface area contributed by atoms with E-state index in [1.54, 1.807) is 25.1 Å². The minimum Gasteiger partial charge on any atom is -0.483 e. The predicted molar refractivity (Wildman–Crippen MR) is 123 cm³/mol. The van der Waals surface area contributed by atoms with Crippen molar-refractivity contribution in [3.05, 3.63) is 87.9 Å². The Balaban J connectivity index is 2.03. The molecule has 0 fully saturated rings. The molecule has 0 spiro atoms. The van der Waals surface area contributed by atoms with Gasteiger partial charge in [-0.3, -0.25) is 4.79 Å². The van der Waals surface area contributed by atoms with E-state index in [1.165, 1.54) is 24.3 Å². The molecule has 0 atom stereocenters. The van der Waals surface area contributed by atoms with Crippen LogP contribution in [0, 0.1) is 27.7 Å². The van der Waals surface area contributed by atoms with E-state index in [1.807, 2.05) is 39.0 Å². The molecule has 0 aliphatic heterocycles. The molecule has 5 nitrogen and oxygen atoms in total. The molecule has 0 saturated heterocycles. The molecule has 3 aromatic carbocycles. The molecule has 0 radical (unpaired) electrons. The van der Waals surface area contributed by atoms with Gasteiger partial charge in [0.15, 0.2) is 6.61 Å². The number of ether oxygens (including phenoxy) is 1. The Morgan fingerprint density at radius 2 is 1.61 bits per heavy atom. The van der Waals surface area contributed by atoms with Crippen LogP contribution in [-0.4, -0.2) is 20.9 Å². The molecule has 0 unspecified atom stereocenters. The van der Waals surface area contributed by atoms with Crippen LogP contribution in [0.4, 0.5) is 5.69 Å². The van der Waals surface area contributed by atoms with Gasteiger partial charge in [0.25, 0.3) is 15.9 Å². The Labute approximate surface area is 188 Å².